The fraction of sp³-hybridized carbons (Fsp3) is 0.227. The summed E-state index contributed by atoms with van der Waals surface area (Å²) in [4.78, 5) is 30.1. The van der Waals surface area contributed by atoms with Crippen LogP contribution in [-0.4, -0.2) is 57.1 Å². The minimum Gasteiger partial charge on any atom is -0.400 e. The van der Waals surface area contributed by atoms with Crippen LogP contribution < -0.4 is 5.32 Å². The number of aromatic nitrogens is 3. The van der Waals surface area contributed by atoms with Crippen molar-refractivity contribution in [3.05, 3.63) is 59.4 Å². The van der Waals surface area contributed by atoms with Crippen LogP contribution in [0.5, 0.6) is 0 Å². The summed E-state index contributed by atoms with van der Waals surface area (Å²) in [6, 6.07) is 14.3. The summed E-state index contributed by atoms with van der Waals surface area (Å²) in [7, 11) is 0. The lowest BCUT2D eigenvalue weighted by molar-refractivity contribution is -0.157. The molecular formula is C22H16F3N5O3S. The Morgan fingerprint density at radius 2 is 1.94 bits per heavy atom. The first kappa shape index (κ1) is 22.0. The number of hydrogen-bond acceptors (Lipinski definition) is 8. The number of thiazole rings is 1. The number of likely N-dealkylation sites (tertiary alicyclic amines) is 1. The third kappa shape index (κ3) is 4.49. The molecule has 1 aliphatic heterocycles. The van der Waals surface area contributed by atoms with Crippen LogP contribution >= 0.6 is 11.3 Å². The highest BCUT2D eigenvalue weighted by atomic mass is 32.1. The van der Waals surface area contributed by atoms with Gasteiger partial charge in [0, 0.05) is 6.54 Å². The Labute approximate surface area is 194 Å². The van der Waals surface area contributed by atoms with E-state index in [1.165, 1.54) is 11.3 Å². The lowest BCUT2D eigenvalue weighted by atomic mass is 10.1. The molecule has 1 N–H and O–H groups in total. The number of anilines is 1. The lowest BCUT2D eigenvalue weighted by Gasteiger charge is -2.18. The molecule has 1 aliphatic rings. The van der Waals surface area contributed by atoms with Gasteiger partial charge in [-0.05, 0) is 29.7 Å². The summed E-state index contributed by atoms with van der Waals surface area (Å²) in [6.07, 6.45) is -4.34. The second kappa shape index (κ2) is 8.52. The number of ketones is 1. The Kier molecular flexibility index (Phi) is 5.52. The standard InChI is InChI=1S/C22H16F3N5O3S/c23-22(24,25)11-30-9-8-15(20(30)32)27-21-29-28-18(33-21)17(31)19-26-14-7-6-13(10-16(14)34-19)12-4-2-1-3-5-12/h1-7,10,15H,8-9,11H2,(H,27,29)/t15-/m0/s1. The number of amides is 1. The lowest BCUT2D eigenvalue weighted by Crippen LogP contribution is -2.39. The summed E-state index contributed by atoms with van der Waals surface area (Å²) in [5.41, 5.74) is 2.67. The number of carbonyl (C=O) groups excluding carboxylic acids is 2. The molecule has 2 aromatic carbocycles. The van der Waals surface area contributed by atoms with Gasteiger partial charge in [-0.1, -0.05) is 41.5 Å². The first-order valence-corrected chi connectivity index (χ1v) is 11.0. The molecule has 0 unspecified atom stereocenters. The molecule has 8 nitrogen and oxygen atoms in total. The molecular weight excluding hydrogens is 471 g/mol. The molecule has 1 amide bonds. The average Bonchev–Trinajstić information content (AvgIpc) is 3.53. The van der Waals surface area contributed by atoms with Gasteiger partial charge in [0.25, 0.3) is 11.7 Å². The van der Waals surface area contributed by atoms with Gasteiger partial charge in [0.15, 0.2) is 5.01 Å². The Morgan fingerprint density at radius 3 is 2.71 bits per heavy atom. The van der Waals surface area contributed by atoms with E-state index >= 15 is 0 Å². The maximum Gasteiger partial charge on any atom is 0.406 e. The molecule has 0 radical (unpaired) electrons. The van der Waals surface area contributed by atoms with Gasteiger partial charge in [-0.3, -0.25) is 9.59 Å². The zero-order chi connectivity index (χ0) is 23.9. The minimum atomic E-state index is -4.48. The van der Waals surface area contributed by atoms with Crippen LogP contribution in [0.1, 0.15) is 22.1 Å². The molecule has 1 fully saturated rings. The molecule has 12 heteroatoms. The van der Waals surface area contributed by atoms with Gasteiger partial charge < -0.3 is 14.6 Å². The Balaban J connectivity index is 1.30. The van der Waals surface area contributed by atoms with E-state index < -0.39 is 30.5 Å². The Hall–Kier alpha value is -3.80. The Bertz CT molecular complexity index is 1370. The fourth-order valence-electron chi connectivity index (χ4n) is 3.69. The van der Waals surface area contributed by atoms with Crippen molar-refractivity contribution in [3.8, 4) is 11.1 Å². The quantitative estimate of drug-likeness (QED) is 0.408. The van der Waals surface area contributed by atoms with Crippen LogP contribution in [0.15, 0.2) is 52.9 Å². The zero-order valence-electron chi connectivity index (χ0n) is 17.4. The zero-order valence-corrected chi connectivity index (χ0v) is 18.2. The highest BCUT2D eigenvalue weighted by Gasteiger charge is 2.39. The summed E-state index contributed by atoms with van der Waals surface area (Å²) < 4.78 is 43.9. The molecule has 174 valence electrons. The molecule has 1 saturated heterocycles. The number of rotatable bonds is 6. The van der Waals surface area contributed by atoms with Crippen molar-refractivity contribution in [2.45, 2.75) is 18.6 Å². The van der Waals surface area contributed by atoms with Gasteiger partial charge in [-0.25, -0.2) is 4.98 Å². The summed E-state index contributed by atoms with van der Waals surface area (Å²) in [6.45, 7) is -1.37. The van der Waals surface area contributed by atoms with Gasteiger partial charge in [0.1, 0.15) is 12.6 Å². The van der Waals surface area contributed by atoms with E-state index in [0.29, 0.717) is 10.4 Å². The smallest absolute Gasteiger partial charge is 0.400 e. The molecule has 2 aromatic heterocycles. The number of nitrogens with one attached hydrogen (secondary N) is 1. The van der Waals surface area contributed by atoms with E-state index in [1.54, 1.807) is 0 Å². The van der Waals surface area contributed by atoms with Crippen LogP contribution in [0.2, 0.25) is 0 Å². The molecule has 0 bridgehead atoms. The summed E-state index contributed by atoms with van der Waals surface area (Å²) >= 11 is 1.18. The number of alkyl halides is 3. The molecule has 0 spiro atoms. The fourth-order valence-corrected chi connectivity index (χ4v) is 4.63. The van der Waals surface area contributed by atoms with Crippen molar-refractivity contribution in [2.24, 2.45) is 0 Å². The number of nitrogens with zero attached hydrogens (tertiary/aromatic N) is 4. The van der Waals surface area contributed by atoms with Gasteiger partial charge in [-0.2, -0.15) is 13.2 Å². The maximum absolute atomic E-state index is 12.8. The first-order valence-electron chi connectivity index (χ1n) is 10.2. The topological polar surface area (TPSA) is 101 Å². The molecule has 3 heterocycles. The van der Waals surface area contributed by atoms with Gasteiger partial charge >= 0.3 is 12.2 Å². The Morgan fingerprint density at radius 1 is 1.15 bits per heavy atom. The average molecular weight is 487 g/mol. The van der Waals surface area contributed by atoms with Crippen LogP contribution in [-0.2, 0) is 4.79 Å². The highest BCUT2D eigenvalue weighted by Crippen LogP contribution is 2.29. The van der Waals surface area contributed by atoms with Crippen molar-refractivity contribution in [1.82, 2.24) is 20.1 Å². The molecule has 0 aliphatic carbocycles. The van der Waals surface area contributed by atoms with E-state index in [1.807, 2.05) is 48.5 Å². The SMILES string of the molecule is O=C(c1nnc(N[C@H]2CCN(CC(F)(F)F)C2=O)o1)c1nc2ccc(-c3ccccc3)cc2s1. The first-order chi connectivity index (χ1) is 16.3. The summed E-state index contributed by atoms with van der Waals surface area (Å²) in [5.74, 6) is -1.63. The largest absolute Gasteiger partial charge is 0.406 e. The van der Waals surface area contributed by atoms with E-state index in [2.05, 4.69) is 20.5 Å². The summed E-state index contributed by atoms with van der Waals surface area (Å²) in [5, 5.41) is 10.2. The van der Waals surface area contributed by atoms with Crippen molar-refractivity contribution < 1.29 is 27.2 Å². The highest BCUT2D eigenvalue weighted by molar-refractivity contribution is 7.20. The molecule has 34 heavy (non-hydrogen) atoms. The number of benzene rings is 2. The number of fused-ring (bicyclic) bond motifs is 1. The molecule has 0 saturated carbocycles. The van der Waals surface area contributed by atoms with Crippen molar-refractivity contribution >= 4 is 39.3 Å². The van der Waals surface area contributed by atoms with E-state index in [4.69, 9.17) is 4.42 Å². The van der Waals surface area contributed by atoms with Crippen molar-refractivity contribution in [3.63, 3.8) is 0 Å². The van der Waals surface area contributed by atoms with Gasteiger partial charge in [0.05, 0.1) is 10.2 Å². The minimum absolute atomic E-state index is 0.0490. The second-order valence-electron chi connectivity index (χ2n) is 7.67. The third-order valence-electron chi connectivity index (χ3n) is 5.27. The van der Waals surface area contributed by atoms with Crippen LogP contribution in [0.3, 0.4) is 0 Å². The normalized spacial score (nSPS) is 16.4. The molecule has 4 aromatic rings. The van der Waals surface area contributed by atoms with E-state index in [9.17, 15) is 22.8 Å². The van der Waals surface area contributed by atoms with Crippen molar-refractivity contribution in [2.75, 3.05) is 18.4 Å². The molecule has 1 atom stereocenters. The van der Waals surface area contributed by atoms with E-state index in [0.717, 1.165) is 15.8 Å². The van der Waals surface area contributed by atoms with E-state index in [-0.39, 0.29) is 29.9 Å². The van der Waals surface area contributed by atoms with Crippen LogP contribution in [0.25, 0.3) is 21.3 Å². The predicted octanol–water partition coefficient (Wildman–Crippen LogP) is 4.15. The second-order valence-corrected chi connectivity index (χ2v) is 8.70. The number of carbonyl (C=O) groups is 2. The third-order valence-corrected chi connectivity index (χ3v) is 6.29. The van der Waals surface area contributed by atoms with Crippen LogP contribution in [0.4, 0.5) is 19.2 Å². The number of halogens is 3. The monoisotopic (exact) mass is 487 g/mol. The van der Waals surface area contributed by atoms with Gasteiger partial charge in [-0.15, -0.1) is 16.4 Å². The number of hydrogen-bond donors (Lipinski definition) is 1. The van der Waals surface area contributed by atoms with Crippen LogP contribution in [0, 0.1) is 0 Å². The van der Waals surface area contributed by atoms with Gasteiger partial charge in [0.2, 0.25) is 5.91 Å². The molecule has 5 rings (SSSR count). The maximum atomic E-state index is 12.8. The van der Waals surface area contributed by atoms with Crippen molar-refractivity contribution in [1.29, 1.82) is 0 Å². The predicted molar refractivity (Wildman–Crippen MR) is 117 cm³/mol.